The van der Waals surface area contributed by atoms with E-state index in [1.165, 1.54) is 18.7 Å². The Bertz CT molecular complexity index is 596. The number of rotatable bonds is 2. The molecule has 1 aliphatic carbocycles. The van der Waals surface area contributed by atoms with E-state index < -0.39 is 10.0 Å². The van der Waals surface area contributed by atoms with Gasteiger partial charge in [-0.1, -0.05) is 18.0 Å². The van der Waals surface area contributed by atoms with Crippen LogP contribution in [0.2, 0.25) is 5.15 Å². The first-order chi connectivity index (χ1) is 8.98. The zero-order valence-electron chi connectivity index (χ0n) is 10.2. The molecule has 2 fully saturated rings. The maximum absolute atomic E-state index is 12.6. The highest BCUT2D eigenvalue weighted by atomic mass is 79.9. The van der Waals surface area contributed by atoms with Gasteiger partial charge in [-0.25, -0.2) is 13.4 Å². The standard InChI is InChI=1S/C12H14BrClN2O2S/c13-10-4-11(12(14)15-5-10)19(17,18)16-6-8-2-1-3-9(8)7-16/h4-5,8-9H,1-3,6-7H2. The number of hydrogen-bond acceptors (Lipinski definition) is 3. The van der Waals surface area contributed by atoms with E-state index in [9.17, 15) is 8.42 Å². The minimum absolute atomic E-state index is 0.0419. The quantitative estimate of drug-likeness (QED) is 0.757. The third-order valence-corrected chi connectivity index (χ3v) is 6.78. The van der Waals surface area contributed by atoms with Crippen LogP contribution >= 0.6 is 27.5 Å². The van der Waals surface area contributed by atoms with E-state index in [1.807, 2.05) is 0 Å². The van der Waals surface area contributed by atoms with Crippen LogP contribution in [0.4, 0.5) is 0 Å². The van der Waals surface area contributed by atoms with E-state index >= 15 is 0 Å². The predicted molar refractivity (Wildman–Crippen MR) is 76.5 cm³/mol. The Kier molecular flexibility index (Phi) is 3.62. The van der Waals surface area contributed by atoms with Crippen LogP contribution in [-0.2, 0) is 10.0 Å². The van der Waals surface area contributed by atoms with Crippen molar-refractivity contribution in [1.82, 2.24) is 9.29 Å². The number of aromatic nitrogens is 1. The summed E-state index contributed by atoms with van der Waals surface area (Å²) in [4.78, 5) is 4.00. The fourth-order valence-electron chi connectivity index (χ4n) is 3.11. The smallest absolute Gasteiger partial charge is 0.242 e. The van der Waals surface area contributed by atoms with Crippen LogP contribution in [0.25, 0.3) is 0 Å². The number of sulfonamides is 1. The van der Waals surface area contributed by atoms with Crippen LogP contribution in [0.3, 0.4) is 0 Å². The molecule has 2 unspecified atom stereocenters. The lowest BCUT2D eigenvalue weighted by molar-refractivity contribution is 0.445. The second-order valence-corrected chi connectivity index (χ2v) is 8.40. The lowest BCUT2D eigenvalue weighted by atomic mass is 10.0. The van der Waals surface area contributed by atoms with Gasteiger partial charge in [-0.05, 0) is 46.7 Å². The molecule has 0 amide bonds. The molecule has 7 heteroatoms. The molecule has 3 rings (SSSR count). The Hall–Kier alpha value is -0.170. The molecule has 104 valence electrons. The molecular weight excluding hydrogens is 352 g/mol. The molecule has 0 N–H and O–H groups in total. The summed E-state index contributed by atoms with van der Waals surface area (Å²) in [5.41, 5.74) is 0. The first kappa shape index (κ1) is 13.8. The Morgan fingerprint density at radius 2 is 1.95 bits per heavy atom. The Labute approximate surface area is 126 Å². The summed E-state index contributed by atoms with van der Waals surface area (Å²) in [5, 5.41) is 0.0419. The molecule has 0 radical (unpaired) electrons. The van der Waals surface area contributed by atoms with Gasteiger partial charge in [0.25, 0.3) is 0 Å². The lowest BCUT2D eigenvalue weighted by Crippen LogP contribution is -2.30. The van der Waals surface area contributed by atoms with Gasteiger partial charge in [0, 0.05) is 23.8 Å². The Balaban J connectivity index is 1.93. The van der Waals surface area contributed by atoms with Crippen LogP contribution in [0.1, 0.15) is 19.3 Å². The molecule has 0 spiro atoms. The third kappa shape index (κ3) is 2.44. The minimum atomic E-state index is -3.53. The van der Waals surface area contributed by atoms with Crippen molar-refractivity contribution in [2.24, 2.45) is 11.8 Å². The summed E-state index contributed by atoms with van der Waals surface area (Å²) in [7, 11) is -3.53. The van der Waals surface area contributed by atoms with Crippen molar-refractivity contribution < 1.29 is 8.42 Å². The Morgan fingerprint density at radius 1 is 1.32 bits per heavy atom. The van der Waals surface area contributed by atoms with Crippen molar-refractivity contribution in [2.45, 2.75) is 24.2 Å². The van der Waals surface area contributed by atoms with Crippen molar-refractivity contribution >= 4 is 37.6 Å². The van der Waals surface area contributed by atoms with Gasteiger partial charge in [0.15, 0.2) is 0 Å². The highest BCUT2D eigenvalue weighted by Gasteiger charge is 2.42. The van der Waals surface area contributed by atoms with Gasteiger partial charge < -0.3 is 0 Å². The molecule has 4 nitrogen and oxygen atoms in total. The first-order valence-electron chi connectivity index (χ1n) is 6.29. The fourth-order valence-corrected chi connectivity index (χ4v) is 5.59. The zero-order valence-corrected chi connectivity index (χ0v) is 13.4. The molecule has 1 aromatic heterocycles. The number of fused-ring (bicyclic) bond motifs is 1. The average molecular weight is 366 g/mol. The third-order valence-electron chi connectivity index (χ3n) is 4.08. The zero-order chi connectivity index (χ0) is 13.6. The number of nitrogens with zero attached hydrogens (tertiary/aromatic N) is 2. The maximum Gasteiger partial charge on any atom is 0.246 e. The molecule has 2 heterocycles. The largest absolute Gasteiger partial charge is 0.246 e. The predicted octanol–water partition coefficient (Wildman–Crippen LogP) is 2.92. The van der Waals surface area contributed by atoms with E-state index in [4.69, 9.17) is 11.6 Å². The van der Waals surface area contributed by atoms with Crippen molar-refractivity contribution in [3.8, 4) is 0 Å². The van der Waals surface area contributed by atoms with Crippen LogP contribution in [0, 0.1) is 11.8 Å². The summed E-state index contributed by atoms with van der Waals surface area (Å²) in [6.07, 6.45) is 5.00. The van der Waals surface area contributed by atoms with Crippen LogP contribution in [0.15, 0.2) is 21.6 Å². The summed E-state index contributed by atoms with van der Waals surface area (Å²) < 4.78 is 27.4. The normalized spacial score (nSPS) is 27.7. The summed E-state index contributed by atoms with van der Waals surface area (Å²) in [6.45, 7) is 1.24. The van der Waals surface area contributed by atoms with Crippen LogP contribution < -0.4 is 0 Å². The van der Waals surface area contributed by atoms with Crippen molar-refractivity contribution in [3.63, 3.8) is 0 Å². The van der Waals surface area contributed by atoms with Crippen molar-refractivity contribution in [3.05, 3.63) is 21.9 Å². The minimum Gasteiger partial charge on any atom is -0.242 e. The number of pyridine rings is 1. The maximum atomic E-state index is 12.6. The number of hydrogen-bond donors (Lipinski definition) is 0. The molecule has 1 aliphatic heterocycles. The summed E-state index contributed by atoms with van der Waals surface area (Å²) in [5.74, 6) is 1.04. The monoisotopic (exact) mass is 364 g/mol. The van der Waals surface area contributed by atoms with Crippen LogP contribution in [0.5, 0.6) is 0 Å². The highest BCUT2D eigenvalue weighted by Crippen LogP contribution is 2.40. The molecule has 2 aliphatic rings. The second kappa shape index (κ2) is 4.98. The molecule has 1 saturated carbocycles. The highest BCUT2D eigenvalue weighted by molar-refractivity contribution is 9.10. The molecule has 0 bridgehead atoms. The van der Waals surface area contributed by atoms with Gasteiger partial charge in [-0.3, -0.25) is 0 Å². The molecule has 2 atom stereocenters. The van der Waals surface area contributed by atoms with Gasteiger partial charge >= 0.3 is 0 Å². The molecule has 1 aromatic rings. The molecular formula is C12H14BrClN2O2S. The van der Waals surface area contributed by atoms with Gasteiger partial charge in [0.2, 0.25) is 10.0 Å². The Morgan fingerprint density at radius 3 is 2.58 bits per heavy atom. The second-order valence-electron chi connectivity index (χ2n) is 5.22. The van der Waals surface area contributed by atoms with Gasteiger partial charge in [-0.2, -0.15) is 4.31 Å². The van der Waals surface area contributed by atoms with Crippen molar-refractivity contribution in [2.75, 3.05) is 13.1 Å². The molecule has 1 saturated heterocycles. The van der Waals surface area contributed by atoms with E-state index in [0.717, 1.165) is 12.8 Å². The van der Waals surface area contributed by atoms with Gasteiger partial charge in [0.05, 0.1) is 0 Å². The summed E-state index contributed by atoms with van der Waals surface area (Å²) in [6, 6.07) is 1.53. The van der Waals surface area contributed by atoms with E-state index in [2.05, 4.69) is 20.9 Å². The van der Waals surface area contributed by atoms with E-state index in [1.54, 1.807) is 4.31 Å². The fraction of sp³-hybridized carbons (Fsp3) is 0.583. The van der Waals surface area contributed by atoms with Gasteiger partial charge in [-0.15, -0.1) is 0 Å². The van der Waals surface area contributed by atoms with Crippen molar-refractivity contribution in [1.29, 1.82) is 0 Å². The average Bonchev–Trinajstić information content (AvgIpc) is 2.92. The van der Waals surface area contributed by atoms with E-state index in [0.29, 0.717) is 29.4 Å². The van der Waals surface area contributed by atoms with E-state index in [-0.39, 0.29) is 10.0 Å². The molecule has 19 heavy (non-hydrogen) atoms. The topological polar surface area (TPSA) is 50.3 Å². The van der Waals surface area contributed by atoms with Crippen LogP contribution in [-0.4, -0.2) is 30.8 Å². The van der Waals surface area contributed by atoms with Gasteiger partial charge in [0.1, 0.15) is 10.0 Å². The number of halogens is 2. The first-order valence-corrected chi connectivity index (χ1v) is 8.91. The lowest BCUT2D eigenvalue weighted by Gasteiger charge is -2.17. The molecule has 0 aromatic carbocycles. The summed E-state index contributed by atoms with van der Waals surface area (Å²) >= 11 is 9.18. The SMILES string of the molecule is O=S(=O)(c1cc(Br)cnc1Cl)N1CC2CCCC2C1.